The zero-order chi connectivity index (χ0) is 26.5. The Balaban J connectivity index is 1.78. The van der Waals surface area contributed by atoms with Crippen LogP contribution in [0.1, 0.15) is 54.4 Å². The summed E-state index contributed by atoms with van der Waals surface area (Å²) in [5.41, 5.74) is -0.0989. The number of halogens is 1. The molecule has 2 aliphatic rings. The molecule has 4 N–H and O–H groups in total. The Morgan fingerprint density at radius 3 is 2.64 bits per heavy atom. The molecule has 1 aromatic heterocycles. The molecular formula is C24H27FN6O4S. The van der Waals surface area contributed by atoms with Crippen molar-refractivity contribution in [2.45, 2.75) is 49.7 Å². The average molecular weight is 515 g/mol. The highest BCUT2D eigenvalue weighted by atomic mass is 32.3. The number of carboxylic acid groups (broad SMARTS) is 1. The van der Waals surface area contributed by atoms with Gasteiger partial charge in [0.25, 0.3) is 5.91 Å². The van der Waals surface area contributed by atoms with E-state index in [0.29, 0.717) is 24.1 Å². The molecule has 1 saturated heterocycles. The van der Waals surface area contributed by atoms with Crippen LogP contribution in [0.3, 0.4) is 0 Å². The molecule has 2 amide bonds. The standard InChI is InChI=1S/C24H27FN6O4S/c1-13-9-14(11-26)12-27-19(13)20(32)29-15-5-6-17(25)16(10-15)24(4)18-7-8-28-36(18,35)23(2,3)21(31-24)30-22(33)34/h5-6,9-10,12,18,36H,7-8H2,1-4H3,(H,28,35)(H,29,32)(H,30,31)(H,33,34)/t18-,24-/m1/s1. The topological polar surface area (TPSA) is 157 Å². The summed E-state index contributed by atoms with van der Waals surface area (Å²) in [5, 5.41) is 22.8. The van der Waals surface area contributed by atoms with Gasteiger partial charge >= 0.3 is 6.09 Å². The molecule has 1 fully saturated rings. The molecule has 1 aromatic carbocycles. The first-order valence-electron chi connectivity index (χ1n) is 11.3. The number of carbonyl (C=O) groups excluding carboxylic acids is 1. The molecule has 2 aliphatic heterocycles. The van der Waals surface area contributed by atoms with E-state index >= 15 is 4.39 Å². The van der Waals surface area contributed by atoms with Crippen LogP contribution >= 0.6 is 0 Å². The maximum Gasteiger partial charge on any atom is 0.410 e. The van der Waals surface area contributed by atoms with E-state index in [9.17, 15) is 18.9 Å². The number of fused-ring (bicyclic) bond motifs is 1. The van der Waals surface area contributed by atoms with Crippen LogP contribution in [0, 0.1) is 24.1 Å². The lowest BCUT2D eigenvalue weighted by Crippen LogP contribution is -2.65. The Morgan fingerprint density at radius 1 is 1.28 bits per heavy atom. The van der Waals surface area contributed by atoms with E-state index in [-0.39, 0.29) is 22.8 Å². The Morgan fingerprint density at radius 2 is 2.00 bits per heavy atom. The third-order valence-corrected chi connectivity index (χ3v) is 11.2. The Kier molecular flexibility index (Phi) is 6.18. The molecular weight excluding hydrogens is 487 g/mol. The first-order chi connectivity index (χ1) is 16.8. The molecule has 3 heterocycles. The van der Waals surface area contributed by atoms with Gasteiger partial charge in [0, 0.05) is 24.0 Å². The molecule has 0 unspecified atom stereocenters. The number of aryl methyl sites for hydroxylation is 1. The van der Waals surface area contributed by atoms with Crippen LogP contribution in [0.4, 0.5) is 14.9 Å². The van der Waals surface area contributed by atoms with Gasteiger partial charge in [0.1, 0.15) is 29.0 Å². The van der Waals surface area contributed by atoms with Crippen LogP contribution in [0.15, 0.2) is 35.5 Å². The maximum absolute atomic E-state index is 15.3. The number of rotatable bonds is 3. The van der Waals surface area contributed by atoms with Crippen molar-refractivity contribution >= 4 is 33.6 Å². The fraction of sp³-hybridized carbons (Fsp3) is 0.375. The zero-order valence-electron chi connectivity index (χ0n) is 20.2. The molecule has 12 heteroatoms. The molecule has 0 spiro atoms. The third-order valence-electron chi connectivity index (χ3n) is 7.02. The van der Waals surface area contributed by atoms with Gasteiger partial charge in [-0.2, -0.15) is 5.26 Å². The fourth-order valence-corrected chi connectivity index (χ4v) is 8.73. The van der Waals surface area contributed by atoms with E-state index in [1.165, 1.54) is 24.4 Å². The third kappa shape index (κ3) is 3.94. The van der Waals surface area contributed by atoms with Crippen molar-refractivity contribution in [2.24, 2.45) is 4.99 Å². The summed E-state index contributed by atoms with van der Waals surface area (Å²) in [6, 6.07) is 7.50. The number of nitrogens with one attached hydrogen (secondary N) is 3. The van der Waals surface area contributed by atoms with E-state index in [2.05, 4.69) is 25.3 Å². The van der Waals surface area contributed by atoms with Crippen LogP contribution in [-0.2, 0) is 15.7 Å². The molecule has 2 aromatic rings. The summed E-state index contributed by atoms with van der Waals surface area (Å²) in [6.07, 6.45) is 0.380. The molecule has 4 rings (SSSR count). The summed E-state index contributed by atoms with van der Waals surface area (Å²) in [5.74, 6) is -1.19. The monoisotopic (exact) mass is 514 g/mol. The van der Waals surface area contributed by atoms with E-state index in [4.69, 9.17) is 5.26 Å². The molecule has 2 atom stereocenters. The minimum atomic E-state index is -3.30. The number of carbonyl (C=O) groups is 2. The Labute approximate surface area is 208 Å². The number of hydrogen-bond acceptors (Lipinski definition) is 6. The predicted octanol–water partition coefficient (Wildman–Crippen LogP) is 2.62. The zero-order valence-corrected chi connectivity index (χ0v) is 21.1. The first-order valence-corrected chi connectivity index (χ1v) is 13.0. The summed E-state index contributed by atoms with van der Waals surface area (Å²) in [6.45, 7) is 7.02. The van der Waals surface area contributed by atoms with E-state index in [0.717, 1.165) is 0 Å². The normalized spacial score (nSPS) is 24.6. The lowest BCUT2D eigenvalue weighted by molar-refractivity contribution is 0.102. The number of aliphatic imine (C=N–C) groups is 1. The van der Waals surface area contributed by atoms with Crippen molar-refractivity contribution < 1.29 is 23.3 Å². The van der Waals surface area contributed by atoms with E-state index in [1.54, 1.807) is 33.8 Å². The SMILES string of the molecule is Cc1cc(C#N)cnc1C(=O)Nc1ccc(F)c([C@@]2(C)N=C(NC(=O)O)C(C)(C)[SH]3(=O)NCC[C@H]23)c1. The smallest absolute Gasteiger partial charge is 0.410 e. The van der Waals surface area contributed by atoms with Crippen LogP contribution in [-0.4, -0.2) is 48.7 Å². The Bertz CT molecular complexity index is 1400. The minimum absolute atomic E-state index is 0.0160. The minimum Gasteiger partial charge on any atom is -0.465 e. The van der Waals surface area contributed by atoms with Crippen LogP contribution in [0.25, 0.3) is 0 Å². The molecule has 0 saturated carbocycles. The van der Waals surface area contributed by atoms with Crippen molar-refractivity contribution in [3.8, 4) is 6.07 Å². The average Bonchev–Trinajstić information content (AvgIpc) is 3.23. The molecule has 0 bridgehead atoms. The summed E-state index contributed by atoms with van der Waals surface area (Å²) < 4.78 is 31.5. The predicted molar refractivity (Wildman–Crippen MR) is 134 cm³/mol. The lowest BCUT2D eigenvalue weighted by Gasteiger charge is -2.51. The van der Waals surface area contributed by atoms with Gasteiger partial charge in [0.15, 0.2) is 0 Å². The van der Waals surface area contributed by atoms with Crippen LogP contribution in [0.5, 0.6) is 0 Å². The van der Waals surface area contributed by atoms with Gasteiger partial charge in [-0.3, -0.25) is 24.0 Å². The molecule has 10 nitrogen and oxygen atoms in total. The largest absolute Gasteiger partial charge is 0.465 e. The van der Waals surface area contributed by atoms with Crippen molar-refractivity contribution in [1.29, 1.82) is 5.26 Å². The number of benzene rings is 1. The number of pyridine rings is 1. The first kappa shape index (κ1) is 25.4. The van der Waals surface area contributed by atoms with Gasteiger partial charge in [0.2, 0.25) is 0 Å². The second-order valence-electron chi connectivity index (χ2n) is 9.62. The highest BCUT2D eigenvalue weighted by Gasteiger charge is 2.59. The van der Waals surface area contributed by atoms with Gasteiger partial charge in [0.05, 0.1) is 15.6 Å². The number of amidine groups is 1. The second kappa shape index (κ2) is 8.76. The van der Waals surface area contributed by atoms with Crippen molar-refractivity contribution in [3.05, 3.63) is 58.7 Å². The molecule has 0 radical (unpaired) electrons. The number of nitrogens with zero attached hydrogens (tertiary/aromatic N) is 3. The van der Waals surface area contributed by atoms with Gasteiger partial charge in [-0.25, -0.2) is 14.2 Å². The molecule has 0 aliphatic carbocycles. The number of amides is 2. The number of anilines is 1. The number of nitriles is 1. The van der Waals surface area contributed by atoms with Crippen LogP contribution in [0.2, 0.25) is 0 Å². The Hall–Kier alpha value is -3.69. The van der Waals surface area contributed by atoms with E-state index in [1.807, 2.05) is 6.07 Å². The quantitative estimate of drug-likeness (QED) is 0.396. The van der Waals surface area contributed by atoms with Crippen LogP contribution < -0.4 is 15.4 Å². The summed E-state index contributed by atoms with van der Waals surface area (Å²) >= 11 is 0. The highest BCUT2D eigenvalue weighted by molar-refractivity contribution is 8.04. The second-order valence-corrected chi connectivity index (χ2v) is 13.0. The van der Waals surface area contributed by atoms with Crippen molar-refractivity contribution in [3.63, 3.8) is 0 Å². The van der Waals surface area contributed by atoms with Crippen molar-refractivity contribution in [2.75, 3.05) is 11.9 Å². The lowest BCUT2D eigenvalue weighted by atomic mass is 9.85. The van der Waals surface area contributed by atoms with E-state index < -0.39 is 43.5 Å². The van der Waals surface area contributed by atoms with Gasteiger partial charge in [-0.05, 0) is 74.1 Å². The van der Waals surface area contributed by atoms with Gasteiger partial charge in [-0.15, -0.1) is 0 Å². The number of aromatic nitrogens is 1. The van der Waals surface area contributed by atoms with Gasteiger partial charge < -0.3 is 10.4 Å². The number of hydrogen-bond donors (Lipinski definition) is 5. The van der Waals surface area contributed by atoms with Gasteiger partial charge in [-0.1, -0.05) is 0 Å². The number of thiol groups is 1. The molecule has 190 valence electrons. The fourth-order valence-electron chi connectivity index (χ4n) is 5.06. The maximum atomic E-state index is 15.3. The summed E-state index contributed by atoms with van der Waals surface area (Å²) in [4.78, 5) is 33.1. The van der Waals surface area contributed by atoms with Crippen molar-refractivity contribution in [1.82, 2.24) is 15.0 Å². The highest BCUT2D eigenvalue weighted by Crippen LogP contribution is 2.49. The molecule has 36 heavy (non-hydrogen) atoms. The summed E-state index contributed by atoms with van der Waals surface area (Å²) in [7, 11) is -3.30.